The Kier molecular flexibility index (Phi) is 8.02. The molecule has 0 spiro atoms. The highest BCUT2D eigenvalue weighted by Gasteiger charge is 2.32. The molecule has 1 saturated heterocycles. The Morgan fingerprint density at radius 3 is 2.27 bits per heavy atom. The third-order valence-electron chi connectivity index (χ3n) is 7.12. The van der Waals surface area contributed by atoms with Crippen LogP contribution in [0.2, 0.25) is 0 Å². The van der Waals surface area contributed by atoms with Crippen molar-refractivity contribution in [1.82, 2.24) is 4.57 Å². The summed E-state index contributed by atoms with van der Waals surface area (Å²) in [6.07, 6.45) is 0. The third kappa shape index (κ3) is 5.79. The molecule has 0 aliphatic carbocycles. The van der Waals surface area contributed by atoms with Gasteiger partial charge in [-0.25, -0.2) is 4.79 Å². The van der Waals surface area contributed by atoms with Gasteiger partial charge in [0.05, 0.1) is 9.79 Å². The van der Waals surface area contributed by atoms with Gasteiger partial charge in [0.25, 0.3) is 0 Å². The number of ketones is 1. The normalized spacial score (nSPS) is 16.9. The highest BCUT2D eigenvalue weighted by Crippen LogP contribution is 2.47. The number of hydrogen-bond donors (Lipinski definition) is 0. The van der Waals surface area contributed by atoms with E-state index >= 15 is 0 Å². The Bertz CT molecular complexity index is 1650. The summed E-state index contributed by atoms with van der Waals surface area (Å²) in [6.45, 7) is 13.2. The number of hydrogen-bond acceptors (Lipinski definition) is 7. The first-order valence-corrected chi connectivity index (χ1v) is 15.3. The number of ether oxygens (including phenoxy) is 1. The molecule has 6 nitrogen and oxygen atoms in total. The predicted molar refractivity (Wildman–Crippen MR) is 167 cm³/mol. The summed E-state index contributed by atoms with van der Waals surface area (Å²) >= 11 is 3.94. The molecule has 1 fully saturated rings. The fourth-order valence-corrected chi connectivity index (χ4v) is 8.15. The van der Waals surface area contributed by atoms with E-state index in [0.29, 0.717) is 28.7 Å². The molecule has 1 aliphatic rings. The highest BCUT2D eigenvalue weighted by atomic mass is 32.2. The third-order valence-corrected chi connectivity index (χ3v) is 10.4. The van der Waals surface area contributed by atoms with Crippen molar-refractivity contribution in [2.45, 2.75) is 57.4 Å². The smallest absolute Gasteiger partial charge is 0.331 e. The summed E-state index contributed by atoms with van der Waals surface area (Å²) in [6, 6.07) is 17.7. The molecular formula is C32H34N2O4S2. The van der Waals surface area contributed by atoms with Crippen LogP contribution in [-0.2, 0) is 16.2 Å². The van der Waals surface area contributed by atoms with Crippen molar-refractivity contribution in [2.75, 3.05) is 12.4 Å². The Morgan fingerprint density at radius 1 is 1.00 bits per heavy atom. The molecule has 2 heterocycles. The van der Waals surface area contributed by atoms with Crippen LogP contribution in [-0.4, -0.2) is 43.7 Å². The van der Waals surface area contributed by atoms with Gasteiger partial charge in [0, 0.05) is 57.4 Å². The maximum absolute atomic E-state index is 13.7. The lowest BCUT2D eigenvalue weighted by Gasteiger charge is -2.16. The van der Waals surface area contributed by atoms with Gasteiger partial charge in [0.15, 0.2) is 5.78 Å². The van der Waals surface area contributed by atoms with Gasteiger partial charge in [-0.15, -0.1) is 23.5 Å². The van der Waals surface area contributed by atoms with E-state index in [0.717, 1.165) is 51.0 Å². The molecule has 208 valence electrons. The molecule has 3 aromatic carbocycles. The topological polar surface area (TPSA) is 69.9 Å². The van der Waals surface area contributed by atoms with Crippen LogP contribution < -0.4 is 4.74 Å². The number of carbonyl (C=O) groups is 2. The van der Waals surface area contributed by atoms with Crippen LogP contribution in [0.3, 0.4) is 0 Å². The number of fused-ring (bicyclic) bond motifs is 3. The number of oxime groups is 1. The van der Waals surface area contributed by atoms with Crippen LogP contribution in [0, 0.1) is 6.92 Å². The Balaban J connectivity index is 1.44. The van der Waals surface area contributed by atoms with E-state index in [2.05, 4.69) is 36.6 Å². The Labute approximate surface area is 243 Å². The molecule has 1 aromatic heterocycles. The van der Waals surface area contributed by atoms with Crippen LogP contribution in [0.25, 0.3) is 21.8 Å². The molecule has 0 saturated carbocycles. The van der Waals surface area contributed by atoms with E-state index < -0.39 is 5.97 Å². The minimum absolute atomic E-state index is 0.0170. The fraction of sp³-hybridized carbons (Fsp3) is 0.344. The lowest BCUT2D eigenvalue weighted by molar-refractivity contribution is -0.140. The van der Waals surface area contributed by atoms with E-state index in [1.165, 1.54) is 6.92 Å². The molecule has 1 atom stereocenters. The Morgan fingerprint density at radius 2 is 1.68 bits per heavy atom. The van der Waals surface area contributed by atoms with E-state index in [-0.39, 0.29) is 9.86 Å². The Hall–Kier alpha value is -3.23. The van der Waals surface area contributed by atoms with Crippen molar-refractivity contribution in [2.24, 2.45) is 5.16 Å². The van der Waals surface area contributed by atoms with Gasteiger partial charge < -0.3 is 14.1 Å². The van der Waals surface area contributed by atoms with Crippen molar-refractivity contribution in [1.29, 1.82) is 0 Å². The van der Waals surface area contributed by atoms with E-state index in [9.17, 15) is 9.59 Å². The van der Waals surface area contributed by atoms with Crippen molar-refractivity contribution in [3.8, 4) is 5.75 Å². The number of aryl methyl sites for hydroxylation is 2. The quantitative estimate of drug-likeness (QED) is 0.0934. The monoisotopic (exact) mass is 574 g/mol. The van der Waals surface area contributed by atoms with Crippen molar-refractivity contribution < 1.29 is 19.2 Å². The molecule has 4 aromatic rings. The summed E-state index contributed by atoms with van der Waals surface area (Å²) in [5.74, 6) is 1.40. The van der Waals surface area contributed by atoms with Gasteiger partial charge in [-0.2, -0.15) is 0 Å². The average Bonchev–Trinajstić information content (AvgIpc) is 3.45. The van der Waals surface area contributed by atoms with Gasteiger partial charge in [0.2, 0.25) is 0 Å². The van der Waals surface area contributed by atoms with Crippen molar-refractivity contribution in [3.05, 3.63) is 76.9 Å². The highest BCUT2D eigenvalue weighted by molar-refractivity contribution is 8.21. The molecule has 0 N–H and O–H groups in total. The van der Waals surface area contributed by atoms with Crippen LogP contribution >= 0.6 is 23.5 Å². The summed E-state index contributed by atoms with van der Waals surface area (Å²) in [4.78, 5) is 29.7. The molecule has 1 aliphatic heterocycles. The number of rotatable bonds is 8. The fourth-order valence-electron chi connectivity index (χ4n) is 5.17. The maximum Gasteiger partial charge on any atom is 0.331 e. The number of nitrogens with zero attached hydrogens (tertiary/aromatic N) is 2. The summed E-state index contributed by atoms with van der Waals surface area (Å²) in [5, 5.41) is 6.43. The van der Waals surface area contributed by atoms with Gasteiger partial charge in [-0.1, -0.05) is 11.2 Å². The zero-order valence-electron chi connectivity index (χ0n) is 23.7. The zero-order chi connectivity index (χ0) is 28.6. The van der Waals surface area contributed by atoms with E-state index in [4.69, 9.17) is 9.57 Å². The van der Waals surface area contributed by atoms with E-state index in [1.54, 1.807) is 6.92 Å². The standard InChI is InChI=1S/C32H34N2O4S2/c1-7-34-29-12-8-22(20(3)33-38-21(4)35)15-27(29)28-16-23(9-13-30(28)34)31(36)26-11-10-24(14-19(26)2)37-17-25-18-39-32(5,6)40-25/h8-16,25H,7,17-18H2,1-6H3. The second kappa shape index (κ2) is 11.3. The van der Waals surface area contributed by atoms with Gasteiger partial charge >= 0.3 is 5.97 Å². The number of thioether (sulfide) groups is 2. The number of aromatic nitrogens is 1. The number of carbonyl (C=O) groups excluding carboxylic acids is 2. The summed E-state index contributed by atoms with van der Waals surface area (Å²) < 4.78 is 8.58. The lowest BCUT2D eigenvalue weighted by Crippen LogP contribution is -2.15. The zero-order valence-corrected chi connectivity index (χ0v) is 25.4. The van der Waals surface area contributed by atoms with Gasteiger partial charge in [-0.3, -0.25) is 4.79 Å². The molecule has 0 bridgehead atoms. The molecule has 1 unspecified atom stereocenters. The van der Waals surface area contributed by atoms with Crippen LogP contribution in [0.1, 0.15) is 61.7 Å². The SMILES string of the molecule is CCn1c2ccc(C(=O)c3ccc(OCC4CSC(C)(C)S4)cc3C)cc2c2cc(C(C)=NOC(C)=O)ccc21. The van der Waals surface area contributed by atoms with Gasteiger partial charge in [-0.05, 0) is 94.3 Å². The second-order valence-corrected chi connectivity index (χ2v) is 14.4. The van der Waals surface area contributed by atoms with Gasteiger partial charge in [0.1, 0.15) is 12.4 Å². The first-order valence-electron chi connectivity index (χ1n) is 13.4. The average molecular weight is 575 g/mol. The molecule has 40 heavy (non-hydrogen) atoms. The largest absolute Gasteiger partial charge is 0.492 e. The molecule has 8 heteroatoms. The minimum Gasteiger partial charge on any atom is -0.492 e. The minimum atomic E-state index is -0.461. The first-order chi connectivity index (χ1) is 19.1. The van der Waals surface area contributed by atoms with Crippen molar-refractivity contribution >= 4 is 62.8 Å². The van der Waals surface area contributed by atoms with Crippen LogP contribution in [0.4, 0.5) is 0 Å². The number of benzene rings is 3. The lowest BCUT2D eigenvalue weighted by atomic mass is 9.97. The summed E-state index contributed by atoms with van der Waals surface area (Å²) in [7, 11) is 0. The van der Waals surface area contributed by atoms with E-state index in [1.807, 2.05) is 79.0 Å². The molecule has 0 amide bonds. The van der Waals surface area contributed by atoms with Crippen LogP contribution in [0.5, 0.6) is 5.75 Å². The van der Waals surface area contributed by atoms with Crippen LogP contribution in [0.15, 0.2) is 59.8 Å². The maximum atomic E-state index is 13.7. The molecule has 5 rings (SSSR count). The molecular weight excluding hydrogens is 540 g/mol. The molecule has 0 radical (unpaired) electrons. The van der Waals surface area contributed by atoms with Crippen molar-refractivity contribution in [3.63, 3.8) is 0 Å². The second-order valence-electron chi connectivity index (χ2n) is 10.5. The summed E-state index contributed by atoms with van der Waals surface area (Å²) in [5.41, 5.74) is 5.80. The predicted octanol–water partition coefficient (Wildman–Crippen LogP) is 7.60. The first kappa shape index (κ1) is 28.3.